The van der Waals surface area contributed by atoms with Gasteiger partial charge in [0.15, 0.2) is 0 Å². The van der Waals surface area contributed by atoms with Gasteiger partial charge in [-0.05, 0) is 25.3 Å². The lowest BCUT2D eigenvalue weighted by atomic mass is 9.72. The molecule has 18 heavy (non-hydrogen) atoms. The van der Waals surface area contributed by atoms with Gasteiger partial charge in [-0.15, -0.1) is 0 Å². The molecule has 3 N–H and O–H groups in total. The molecule has 106 valence electrons. The number of hydrogen-bond acceptors (Lipinski definition) is 4. The molecule has 0 radical (unpaired) electrons. The van der Waals surface area contributed by atoms with Gasteiger partial charge in [-0.2, -0.15) is 11.8 Å². The summed E-state index contributed by atoms with van der Waals surface area (Å²) in [4.78, 5) is 2.52. The summed E-state index contributed by atoms with van der Waals surface area (Å²) < 4.78 is 0. The zero-order valence-electron chi connectivity index (χ0n) is 11.9. The van der Waals surface area contributed by atoms with E-state index in [0.717, 1.165) is 11.8 Å². The Labute approximate surface area is 116 Å². The van der Waals surface area contributed by atoms with Gasteiger partial charge in [-0.25, -0.2) is 0 Å². The van der Waals surface area contributed by atoms with Crippen LogP contribution < -0.4 is 11.3 Å². The Bertz CT molecular complexity index is 249. The largest absolute Gasteiger partial charge is 0.300 e. The van der Waals surface area contributed by atoms with E-state index < -0.39 is 0 Å². The van der Waals surface area contributed by atoms with E-state index in [9.17, 15) is 0 Å². The van der Waals surface area contributed by atoms with Gasteiger partial charge in [-0.3, -0.25) is 11.3 Å². The second-order valence-electron chi connectivity index (χ2n) is 5.93. The fourth-order valence-electron chi connectivity index (χ4n) is 3.82. The Kier molecular flexibility index (Phi) is 5.80. The van der Waals surface area contributed by atoms with Crippen molar-refractivity contribution >= 4 is 11.8 Å². The molecule has 3 nitrogen and oxygen atoms in total. The third kappa shape index (κ3) is 3.21. The molecule has 0 aromatic rings. The molecule has 1 heterocycles. The van der Waals surface area contributed by atoms with Gasteiger partial charge in [0.1, 0.15) is 0 Å². The molecule has 2 rings (SSSR count). The topological polar surface area (TPSA) is 41.3 Å². The van der Waals surface area contributed by atoms with Gasteiger partial charge in [-0.1, -0.05) is 32.6 Å². The third-order valence-corrected chi connectivity index (χ3v) is 6.05. The van der Waals surface area contributed by atoms with Crippen molar-refractivity contribution in [1.82, 2.24) is 10.3 Å². The molecule has 0 spiro atoms. The molecule has 0 aromatic carbocycles. The van der Waals surface area contributed by atoms with E-state index >= 15 is 0 Å². The van der Waals surface area contributed by atoms with Crippen LogP contribution in [0.1, 0.15) is 39.0 Å². The van der Waals surface area contributed by atoms with Crippen molar-refractivity contribution in [3.8, 4) is 0 Å². The fraction of sp³-hybridized carbons (Fsp3) is 1.00. The van der Waals surface area contributed by atoms with Crippen LogP contribution in [-0.2, 0) is 0 Å². The van der Waals surface area contributed by atoms with Gasteiger partial charge < -0.3 is 4.90 Å². The molecular weight excluding hydrogens is 242 g/mol. The Morgan fingerprint density at radius 2 is 2.17 bits per heavy atom. The number of likely N-dealkylation sites (N-methyl/N-ethyl adjacent to an activating group) is 1. The molecule has 4 unspecified atom stereocenters. The highest BCUT2D eigenvalue weighted by atomic mass is 32.2. The van der Waals surface area contributed by atoms with Crippen molar-refractivity contribution in [2.75, 3.05) is 25.1 Å². The van der Waals surface area contributed by atoms with Crippen LogP contribution in [0.5, 0.6) is 0 Å². The minimum atomic E-state index is 0.480. The van der Waals surface area contributed by atoms with E-state index in [-0.39, 0.29) is 0 Å². The van der Waals surface area contributed by atoms with Crippen LogP contribution in [0.3, 0.4) is 0 Å². The van der Waals surface area contributed by atoms with Gasteiger partial charge >= 0.3 is 0 Å². The summed E-state index contributed by atoms with van der Waals surface area (Å²) in [6.45, 7) is 3.55. The van der Waals surface area contributed by atoms with E-state index in [1.54, 1.807) is 0 Å². The number of hydrogen-bond donors (Lipinski definition) is 2. The second kappa shape index (κ2) is 7.13. The van der Waals surface area contributed by atoms with E-state index in [1.165, 1.54) is 50.2 Å². The highest BCUT2D eigenvalue weighted by molar-refractivity contribution is 7.99. The van der Waals surface area contributed by atoms with Gasteiger partial charge in [0.25, 0.3) is 0 Å². The Hall–Kier alpha value is 0.230. The summed E-state index contributed by atoms with van der Waals surface area (Å²) >= 11 is 2.09. The van der Waals surface area contributed by atoms with E-state index in [4.69, 9.17) is 5.84 Å². The lowest BCUT2D eigenvalue weighted by Crippen LogP contribution is -2.59. The lowest BCUT2D eigenvalue weighted by Gasteiger charge is -2.44. The molecule has 1 aliphatic heterocycles. The summed E-state index contributed by atoms with van der Waals surface area (Å²) in [5, 5.41) is 0. The Morgan fingerprint density at radius 3 is 2.83 bits per heavy atom. The first-order chi connectivity index (χ1) is 8.77. The Balaban J connectivity index is 2.05. The first kappa shape index (κ1) is 14.6. The standard InChI is InChI=1S/C14H29N3S/c1-3-11-6-4-5-7-12(11)14(16-15)13-10-18-9-8-17(13)2/h11-14,16H,3-10,15H2,1-2H3. The predicted molar refractivity (Wildman–Crippen MR) is 80.6 cm³/mol. The van der Waals surface area contributed by atoms with Crippen molar-refractivity contribution in [3.05, 3.63) is 0 Å². The first-order valence-electron chi connectivity index (χ1n) is 7.52. The van der Waals surface area contributed by atoms with E-state index in [1.807, 2.05) is 0 Å². The van der Waals surface area contributed by atoms with E-state index in [2.05, 4.69) is 36.1 Å². The number of nitrogens with zero attached hydrogens (tertiary/aromatic N) is 1. The number of nitrogens with two attached hydrogens (primary N) is 1. The first-order valence-corrected chi connectivity index (χ1v) is 8.67. The van der Waals surface area contributed by atoms with Crippen molar-refractivity contribution in [1.29, 1.82) is 0 Å². The average Bonchev–Trinajstić information content (AvgIpc) is 2.42. The third-order valence-electron chi connectivity index (χ3n) is 5.00. The van der Waals surface area contributed by atoms with Crippen LogP contribution in [0.15, 0.2) is 0 Å². The molecule has 1 aliphatic carbocycles. The number of nitrogens with one attached hydrogen (secondary N) is 1. The summed E-state index contributed by atoms with van der Waals surface area (Å²) in [5.74, 6) is 10.1. The number of hydrazine groups is 1. The average molecular weight is 271 g/mol. The number of thioether (sulfide) groups is 1. The van der Waals surface area contributed by atoms with Crippen molar-refractivity contribution in [2.45, 2.75) is 51.1 Å². The normalized spacial score (nSPS) is 36.5. The summed E-state index contributed by atoms with van der Waals surface area (Å²) in [7, 11) is 2.26. The van der Waals surface area contributed by atoms with Crippen molar-refractivity contribution in [2.24, 2.45) is 17.7 Å². The van der Waals surface area contributed by atoms with Gasteiger partial charge in [0.2, 0.25) is 0 Å². The molecule has 2 fully saturated rings. The highest BCUT2D eigenvalue weighted by Crippen LogP contribution is 2.36. The number of rotatable bonds is 4. The Morgan fingerprint density at radius 1 is 1.39 bits per heavy atom. The molecule has 4 atom stereocenters. The smallest absolute Gasteiger partial charge is 0.0404 e. The maximum Gasteiger partial charge on any atom is 0.0404 e. The van der Waals surface area contributed by atoms with Gasteiger partial charge in [0.05, 0.1) is 0 Å². The quantitative estimate of drug-likeness (QED) is 0.607. The van der Waals surface area contributed by atoms with Crippen LogP contribution in [0.25, 0.3) is 0 Å². The molecular formula is C14H29N3S. The second-order valence-corrected chi connectivity index (χ2v) is 7.08. The summed E-state index contributed by atoms with van der Waals surface area (Å²) in [6.07, 6.45) is 6.89. The van der Waals surface area contributed by atoms with Crippen LogP contribution in [0.4, 0.5) is 0 Å². The molecule has 0 bridgehead atoms. The van der Waals surface area contributed by atoms with Crippen molar-refractivity contribution < 1.29 is 0 Å². The summed E-state index contributed by atoms with van der Waals surface area (Å²) in [6, 6.07) is 1.10. The van der Waals surface area contributed by atoms with E-state index in [0.29, 0.717) is 12.1 Å². The van der Waals surface area contributed by atoms with Crippen LogP contribution in [0.2, 0.25) is 0 Å². The lowest BCUT2D eigenvalue weighted by molar-refractivity contribution is 0.109. The van der Waals surface area contributed by atoms with Crippen LogP contribution >= 0.6 is 11.8 Å². The van der Waals surface area contributed by atoms with Gasteiger partial charge in [0, 0.05) is 30.1 Å². The summed E-state index contributed by atoms with van der Waals surface area (Å²) in [5.41, 5.74) is 3.18. The molecule has 1 saturated carbocycles. The maximum atomic E-state index is 5.93. The minimum absolute atomic E-state index is 0.480. The minimum Gasteiger partial charge on any atom is -0.300 e. The SMILES string of the molecule is CCC1CCCCC1C(NN)C1CSCCN1C. The fourth-order valence-corrected chi connectivity index (χ4v) is 5.11. The maximum absolute atomic E-state index is 5.93. The predicted octanol–water partition coefficient (Wildman–Crippen LogP) is 2.08. The monoisotopic (exact) mass is 271 g/mol. The zero-order chi connectivity index (χ0) is 13.0. The van der Waals surface area contributed by atoms with Crippen molar-refractivity contribution in [3.63, 3.8) is 0 Å². The molecule has 4 heteroatoms. The molecule has 0 aromatic heterocycles. The molecule has 2 aliphatic rings. The molecule has 1 saturated heterocycles. The van der Waals surface area contributed by atoms with Crippen LogP contribution in [0, 0.1) is 11.8 Å². The van der Waals surface area contributed by atoms with Crippen LogP contribution in [-0.4, -0.2) is 42.1 Å². The highest BCUT2D eigenvalue weighted by Gasteiger charge is 2.37. The zero-order valence-corrected chi connectivity index (χ0v) is 12.7. The molecule has 0 amide bonds.